The SMILES string of the molecule is C=CCCOC(=O)[C@@H]1[C@H]2C(=O)N(CCO)C(C(=O)N(CC=C)C(C)(C)CC(C)(C)C)C23CC[C@H]1S3. The zero-order valence-corrected chi connectivity index (χ0v) is 22.7. The minimum Gasteiger partial charge on any atom is -0.465 e. The molecule has 5 atom stereocenters. The molecule has 0 aliphatic carbocycles. The van der Waals surface area contributed by atoms with Gasteiger partial charge in [-0.3, -0.25) is 14.4 Å². The van der Waals surface area contributed by atoms with Gasteiger partial charge in [-0.05, 0) is 44.9 Å². The van der Waals surface area contributed by atoms with Crippen LogP contribution in [-0.2, 0) is 19.1 Å². The van der Waals surface area contributed by atoms with Crippen LogP contribution in [0.25, 0.3) is 0 Å². The van der Waals surface area contributed by atoms with Crippen LogP contribution in [0.3, 0.4) is 0 Å². The summed E-state index contributed by atoms with van der Waals surface area (Å²) < 4.78 is 4.82. The Morgan fingerprint density at radius 3 is 2.51 bits per heavy atom. The van der Waals surface area contributed by atoms with Crippen molar-refractivity contribution in [3.8, 4) is 0 Å². The fourth-order valence-corrected chi connectivity index (χ4v) is 8.89. The summed E-state index contributed by atoms with van der Waals surface area (Å²) in [4.78, 5) is 44.6. The molecule has 0 radical (unpaired) electrons. The smallest absolute Gasteiger partial charge is 0.310 e. The molecular formula is C27H42N2O5S. The number of hydrogen-bond donors (Lipinski definition) is 1. The molecule has 0 aromatic heterocycles. The summed E-state index contributed by atoms with van der Waals surface area (Å²) in [6, 6.07) is -0.729. The van der Waals surface area contributed by atoms with Crippen LogP contribution in [0.5, 0.6) is 0 Å². The van der Waals surface area contributed by atoms with Crippen LogP contribution in [-0.4, -0.2) is 80.6 Å². The molecule has 8 heteroatoms. The van der Waals surface area contributed by atoms with Crippen molar-refractivity contribution in [2.75, 3.05) is 26.3 Å². The van der Waals surface area contributed by atoms with Gasteiger partial charge in [0.1, 0.15) is 6.04 Å². The van der Waals surface area contributed by atoms with Gasteiger partial charge in [0.15, 0.2) is 0 Å². The summed E-state index contributed by atoms with van der Waals surface area (Å²) in [5, 5.41) is 9.76. The molecule has 2 bridgehead atoms. The third kappa shape index (κ3) is 5.06. The van der Waals surface area contributed by atoms with Crippen molar-refractivity contribution in [1.29, 1.82) is 0 Å². The van der Waals surface area contributed by atoms with Crippen molar-refractivity contribution in [2.24, 2.45) is 17.3 Å². The maximum atomic E-state index is 14.4. The van der Waals surface area contributed by atoms with Crippen LogP contribution in [0, 0.1) is 17.3 Å². The molecule has 3 aliphatic heterocycles. The molecule has 3 heterocycles. The highest BCUT2D eigenvalue weighted by Crippen LogP contribution is 2.66. The maximum Gasteiger partial charge on any atom is 0.310 e. The van der Waals surface area contributed by atoms with Gasteiger partial charge in [0.25, 0.3) is 0 Å². The average Bonchev–Trinajstić information content (AvgIpc) is 3.38. The van der Waals surface area contributed by atoms with E-state index in [-0.39, 0.29) is 48.2 Å². The molecule has 0 saturated carbocycles. The zero-order valence-electron chi connectivity index (χ0n) is 21.9. The zero-order chi connectivity index (χ0) is 26.2. The van der Waals surface area contributed by atoms with Crippen molar-refractivity contribution in [1.82, 2.24) is 9.80 Å². The molecule has 1 N–H and O–H groups in total. The normalized spacial score (nSPS) is 29.8. The molecule has 3 rings (SSSR count). The van der Waals surface area contributed by atoms with Gasteiger partial charge in [-0.1, -0.05) is 32.9 Å². The van der Waals surface area contributed by atoms with E-state index >= 15 is 0 Å². The molecule has 1 spiro atoms. The van der Waals surface area contributed by atoms with Crippen molar-refractivity contribution in [2.45, 2.75) is 81.9 Å². The number of esters is 1. The topological polar surface area (TPSA) is 87.1 Å². The Morgan fingerprint density at radius 1 is 1.26 bits per heavy atom. The molecule has 0 aromatic rings. The minimum absolute atomic E-state index is 0.0127. The van der Waals surface area contributed by atoms with Gasteiger partial charge < -0.3 is 19.6 Å². The lowest BCUT2D eigenvalue weighted by atomic mass is 9.71. The number of ether oxygens (including phenoxy) is 1. The van der Waals surface area contributed by atoms with Crippen molar-refractivity contribution in [3.63, 3.8) is 0 Å². The van der Waals surface area contributed by atoms with E-state index in [0.717, 1.165) is 12.8 Å². The summed E-state index contributed by atoms with van der Waals surface area (Å²) in [6.07, 6.45) is 6.19. The highest BCUT2D eigenvalue weighted by atomic mass is 32.2. The third-order valence-corrected chi connectivity index (χ3v) is 9.44. The van der Waals surface area contributed by atoms with E-state index in [4.69, 9.17) is 4.74 Å². The highest BCUT2D eigenvalue weighted by molar-refractivity contribution is 8.02. The second-order valence-corrected chi connectivity index (χ2v) is 13.4. The van der Waals surface area contributed by atoms with Crippen LogP contribution in [0.4, 0.5) is 0 Å². The number of rotatable bonds is 11. The minimum atomic E-state index is -0.729. The molecule has 7 nitrogen and oxygen atoms in total. The second kappa shape index (κ2) is 10.3. The summed E-state index contributed by atoms with van der Waals surface area (Å²) in [5.74, 6) is -1.89. The summed E-state index contributed by atoms with van der Waals surface area (Å²) in [7, 11) is 0. The molecule has 2 unspecified atom stereocenters. The summed E-state index contributed by atoms with van der Waals surface area (Å²) >= 11 is 1.62. The second-order valence-electron chi connectivity index (χ2n) is 11.8. The lowest BCUT2D eigenvalue weighted by Crippen LogP contribution is -2.60. The van der Waals surface area contributed by atoms with Gasteiger partial charge in [-0.15, -0.1) is 24.9 Å². The Labute approximate surface area is 214 Å². The van der Waals surface area contributed by atoms with Crippen LogP contribution in [0.15, 0.2) is 25.3 Å². The number of aliphatic hydroxyl groups is 1. The first-order valence-electron chi connectivity index (χ1n) is 12.6. The Balaban J connectivity index is 2.00. The Hall–Kier alpha value is -1.80. The fourth-order valence-electron chi connectivity index (χ4n) is 6.69. The third-order valence-electron chi connectivity index (χ3n) is 7.48. The van der Waals surface area contributed by atoms with E-state index in [9.17, 15) is 19.5 Å². The molecule has 0 aromatic carbocycles. The van der Waals surface area contributed by atoms with Gasteiger partial charge in [-0.2, -0.15) is 0 Å². The number of fused-ring (bicyclic) bond motifs is 1. The van der Waals surface area contributed by atoms with Gasteiger partial charge in [0, 0.05) is 23.9 Å². The van der Waals surface area contributed by atoms with Crippen LogP contribution in [0.1, 0.15) is 60.3 Å². The molecular weight excluding hydrogens is 464 g/mol. The molecule has 2 amide bonds. The first kappa shape index (κ1) is 27.8. The number of amides is 2. The Bertz CT molecular complexity index is 866. The first-order chi connectivity index (χ1) is 16.3. The Kier molecular flexibility index (Phi) is 8.17. The molecule has 3 aliphatic rings. The van der Waals surface area contributed by atoms with Gasteiger partial charge >= 0.3 is 5.97 Å². The van der Waals surface area contributed by atoms with Gasteiger partial charge in [-0.25, -0.2) is 0 Å². The van der Waals surface area contributed by atoms with Crippen molar-refractivity contribution < 1.29 is 24.2 Å². The summed E-state index contributed by atoms with van der Waals surface area (Å²) in [5.41, 5.74) is -0.488. The van der Waals surface area contributed by atoms with E-state index in [1.54, 1.807) is 23.9 Å². The molecule has 196 valence electrons. The van der Waals surface area contributed by atoms with Gasteiger partial charge in [0.2, 0.25) is 11.8 Å². The quantitative estimate of drug-likeness (QED) is 0.263. The highest BCUT2D eigenvalue weighted by Gasteiger charge is 2.74. The van der Waals surface area contributed by atoms with Crippen LogP contribution < -0.4 is 0 Å². The number of thioether (sulfide) groups is 1. The van der Waals surface area contributed by atoms with Crippen molar-refractivity contribution >= 4 is 29.5 Å². The van der Waals surface area contributed by atoms with Crippen LogP contribution >= 0.6 is 11.8 Å². The molecule has 3 saturated heterocycles. The number of carbonyl (C=O) groups is 3. The monoisotopic (exact) mass is 506 g/mol. The lowest BCUT2D eigenvalue weighted by molar-refractivity contribution is -0.154. The van der Waals surface area contributed by atoms with E-state index < -0.39 is 28.2 Å². The van der Waals surface area contributed by atoms with E-state index in [0.29, 0.717) is 19.4 Å². The number of likely N-dealkylation sites (tertiary alicyclic amines) is 1. The standard InChI is InChI=1S/C27H42N2O5S/c1-8-10-16-34-24(33)19-18-11-12-27(35-18)20(19)22(31)28(14-15-30)21(27)23(32)29(13-9-2)26(6,7)17-25(3,4)5/h8-9,18-21,30H,1-2,10-17H2,3-7H3/t18-,19+,20+,21?,27?/m1/s1. The Morgan fingerprint density at radius 2 is 1.94 bits per heavy atom. The summed E-state index contributed by atoms with van der Waals surface area (Å²) in [6.45, 7) is 18.5. The molecule has 3 fully saturated rings. The number of aliphatic hydroxyl groups excluding tert-OH is 1. The fraction of sp³-hybridized carbons (Fsp3) is 0.741. The predicted molar refractivity (Wildman–Crippen MR) is 139 cm³/mol. The van der Waals surface area contributed by atoms with E-state index in [1.165, 1.54) is 4.90 Å². The van der Waals surface area contributed by atoms with Crippen molar-refractivity contribution in [3.05, 3.63) is 25.3 Å². The molecule has 35 heavy (non-hydrogen) atoms. The predicted octanol–water partition coefficient (Wildman–Crippen LogP) is 3.42. The lowest BCUT2D eigenvalue weighted by Gasteiger charge is -2.46. The number of nitrogens with zero attached hydrogens (tertiary/aromatic N) is 2. The maximum absolute atomic E-state index is 14.4. The number of hydrogen-bond acceptors (Lipinski definition) is 6. The van der Waals surface area contributed by atoms with E-state index in [1.807, 2.05) is 4.90 Å². The number of carbonyl (C=O) groups excluding carboxylic acids is 3. The van der Waals surface area contributed by atoms with E-state index in [2.05, 4.69) is 47.8 Å². The average molecular weight is 507 g/mol. The number of β-amino-alcohol motifs (C(OH)–C–C–N with tert-alkyl or cyclic N) is 1. The van der Waals surface area contributed by atoms with Gasteiger partial charge in [0.05, 0.1) is 29.8 Å². The first-order valence-corrected chi connectivity index (χ1v) is 13.5. The largest absolute Gasteiger partial charge is 0.465 e. The van der Waals surface area contributed by atoms with Crippen LogP contribution in [0.2, 0.25) is 0 Å².